The lowest BCUT2D eigenvalue weighted by molar-refractivity contribution is 0.467. The quantitative estimate of drug-likeness (QED) is 0.829. The van der Waals surface area contributed by atoms with Gasteiger partial charge in [-0.2, -0.15) is 0 Å². The molecule has 18 heavy (non-hydrogen) atoms. The van der Waals surface area contributed by atoms with E-state index >= 15 is 0 Å². The first-order chi connectivity index (χ1) is 8.61. The summed E-state index contributed by atoms with van der Waals surface area (Å²) >= 11 is 0. The lowest BCUT2D eigenvalue weighted by Gasteiger charge is -2.09. The van der Waals surface area contributed by atoms with Crippen LogP contribution in [0.4, 0.5) is 0 Å². The van der Waals surface area contributed by atoms with Crippen LogP contribution in [0.5, 0.6) is 5.75 Å². The lowest BCUT2D eigenvalue weighted by atomic mass is 9.97. The van der Waals surface area contributed by atoms with Crippen molar-refractivity contribution in [1.29, 1.82) is 0 Å². The second kappa shape index (κ2) is 5.26. The van der Waals surface area contributed by atoms with Crippen molar-refractivity contribution in [2.75, 3.05) is 0 Å². The number of aromatic hydroxyl groups is 1. The van der Waals surface area contributed by atoms with Crippen LogP contribution in [-0.2, 0) is 6.42 Å². The number of hydrogen-bond acceptors (Lipinski definition) is 1. The molecule has 0 saturated heterocycles. The minimum atomic E-state index is 0.406. The van der Waals surface area contributed by atoms with E-state index in [0.717, 1.165) is 24.0 Å². The van der Waals surface area contributed by atoms with Crippen molar-refractivity contribution in [3.05, 3.63) is 53.1 Å². The smallest absolute Gasteiger partial charge is 0.121 e. The minimum absolute atomic E-state index is 0.406. The van der Waals surface area contributed by atoms with E-state index in [1.54, 1.807) is 0 Å². The minimum Gasteiger partial charge on any atom is -0.507 e. The molecular weight excluding hydrogens is 220 g/mol. The van der Waals surface area contributed by atoms with Gasteiger partial charge in [0.15, 0.2) is 0 Å². The zero-order valence-electron chi connectivity index (χ0n) is 11.3. The van der Waals surface area contributed by atoms with Gasteiger partial charge in [-0.05, 0) is 60.2 Å². The van der Waals surface area contributed by atoms with Crippen LogP contribution >= 0.6 is 0 Å². The Hall–Kier alpha value is -1.76. The molecule has 0 spiro atoms. The molecule has 94 valence electrons. The number of phenols is 1. The van der Waals surface area contributed by atoms with Crippen molar-refractivity contribution < 1.29 is 5.11 Å². The summed E-state index contributed by atoms with van der Waals surface area (Å²) in [4.78, 5) is 0. The maximum absolute atomic E-state index is 9.82. The van der Waals surface area contributed by atoms with E-state index in [1.807, 2.05) is 26.0 Å². The van der Waals surface area contributed by atoms with Crippen LogP contribution in [-0.4, -0.2) is 5.11 Å². The Kier molecular flexibility index (Phi) is 3.71. The molecule has 0 aliphatic rings. The molecule has 0 aliphatic heterocycles. The Morgan fingerprint density at radius 1 is 0.944 bits per heavy atom. The molecule has 0 fully saturated rings. The van der Waals surface area contributed by atoms with Gasteiger partial charge in [0.2, 0.25) is 0 Å². The molecule has 1 nitrogen and oxygen atoms in total. The van der Waals surface area contributed by atoms with E-state index in [4.69, 9.17) is 0 Å². The molecule has 0 bridgehead atoms. The first kappa shape index (κ1) is 12.7. The molecular formula is C17H20O. The van der Waals surface area contributed by atoms with E-state index in [-0.39, 0.29) is 0 Å². The zero-order valence-corrected chi connectivity index (χ0v) is 11.3. The van der Waals surface area contributed by atoms with Crippen molar-refractivity contribution in [2.45, 2.75) is 33.6 Å². The average Bonchev–Trinajstić information content (AvgIpc) is 2.36. The summed E-state index contributed by atoms with van der Waals surface area (Å²) in [7, 11) is 0. The highest BCUT2D eigenvalue weighted by atomic mass is 16.3. The summed E-state index contributed by atoms with van der Waals surface area (Å²) in [5, 5.41) is 9.82. The van der Waals surface area contributed by atoms with Gasteiger partial charge in [-0.1, -0.05) is 37.6 Å². The van der Waals surface area contributed by atoms with E-state index in [2.05, 4.69) is 31.2 Å². The van der Waals surface area contributed by atoms with Gasteiger partial charge in [-0.25, -0.2) is 0 Å². The van der Waals surface area contributed by atoms with Gasteiger partial charge in [-0.15, -0.1) is 0 Å². The molecule has 2 aromatic carbocycles. The summed E-state index contributed by atoms with van der Waals surface area (Å²) in [5.74, 6) is 0.406. The van der Waals surface area contributed by atoms with Gasteiger partial charge in [0.05, 0.1) is 0 Å². The molecule has 0 atom stereocenters. The van der Waals surface area contributed by atoms with Gasteiger partial charge in [0.25, 0.3) is 0 Å². The van der Waals surface area contributed by atoms with Crippen molar-refractivity contribution >= 4 is 0 Å². The van der Waals surface area contributed by atoms with Crippen LogP contribution in [0.1, 0.15) is 30.0 Å². The molecule has 0 amide bonds. The number of aryl methyl sites for hydroxylation is 3. The maximum Gasteiger partial charge on any atom is 0.121 e. The highest BCUT2D eigenvalue weighted by Gasteiger charge is 2.05. The largest absolute Gasteiger partial charge is 0.507 e. The van der Waals surface area contributed by atoms with Crippen molar-refractivity contribution in [3.63, 3.8) is 0 Å². The van der Waals surface area contributed by atoms with Crippen molar-refractivity contribution in [3.8, 4) is 16.9 Å². The summed E-state index contributed by atoms with van der Waals surface area (Å²) in [5.41, 5.74) is 5.66. The summed E-state index contributed by atoms with van der Waals surface area (Å²) in [6.45, 7) is 6.09. The van der Waals surface area contributed by atoms with E-state index in [1.165, 1.54) is 16.7 Å². The van der Waals surface area contributed by atoms with E-state index in [9.17, 15) is 5.11 Å². The lowest BCUT2D eigenvalue weighted by Crippen LogP contribution is -1.87. The monoisotopic (exact) mass is 240 g/mol. The standard InChI is InChI=1S/C17H20O/c1-4-6-14-7-5-8-15(11-14)16-9-12(2)17(18)13(3)10-16/h5,7-11,18H,4,6H2,1-3H3. The van der Waals surface area contributed by atoms with Crippen LogP contribution in [0.3, 0.4) is 0 Å². The summed E-state index contributed by atoms with van der Waals surface area (Å²) in [6, 6.07) is 12.8. The van der Waals surface area contributed by atoms with Crippen LogP contribution in [0.15, 0.2) is 36.4 Å². The SMILES string of the molecule is CCCc1cccc(-c2cc(C)c(O)c(C)c2)c1. The highest BCUT2D eigenvalue weighted by Crippen LogP contribution is 2.29. The first-order valence-corrected chi connectivity index (χ1v) is 6.51. The van der Waals surface area contributed by atoms with E-state index < -0.39 is 0 Å². The molecule has 0 unspecified atom stereocenters. The van der Waals surface area contributed by atoms with Gasteiger partial charge in [-0.3, -0.25) is 0 Å². The second-order valence-electron chi connectivity index (χ2n) is 4.91. The summed E-state index contributed by atoms with van der Waals surface area (Å²) < 4.78 is 0. The third-order valence-corrected chi connectivity index (χ3v) is 3.29. The average molecular weight is 240 g/mol. The number of phenolic OH excluding ortho intramolecular Hbond substituents is 1. The molecule has 0 saturated carbocycles. The third-order valence-electron chi connectivity index (χ3n) is 3.29. The van der Waals surface area contributed by atoms with Crippen molar-refractivity contribution in [1.82, 2.24) is 0 Å². The maximum atomic E-state index is 9.82. The van der Waals surface area contributed by atoms with Gasteiger partial charge in [0.1, 0.15) is 5.75 Å². The molecule has 0 radical (unpaired) electrons. The fourth-order valence-corrected chi connectivity index (χ4v) is 2.32. The molecule has 0 heterocycles. The Morgan fingerprint density at radius 2 is 1.61 bits per heavy atom. The van der Waals surface area contributed by atoms with Gasteiger partial charge >= 0.3 is 0 Å². The Bertz CT molecular complexity index is 532. The van der Waals surface area contributed by atoms with Crippen LogP contribution in [0, 0.1) is 13.8 Å². The fraction of sp³-hybridized carbons (Fsp3) is 0.294. The number of benzene rings is 2. The van der Waals surface area contributed by atoms with Crippen LogP contribution in [0.25, 0.3) is 11.1 Å². The highest BCUT2D eigenvalue weighted by molar-refractivity contribution is 5.67. The molecule has 0 aliphatic carbocycles. The normalized spacial score (nSPS) is 10.6. The predicted octanol–water partition coefficient (Wildman–Crippen LogP) is 4.63. The number of rotatable bonds is 3. The number of hydrogen-bond donors (Lipinski definition) is 1. The summed E-state index contributed by atoms with van der Waals surface area (Å²) in [6.07, 6.45) is 2.28. The van der Waals surface area contributed by atoms with Gasteiger partial charge in [0, 0.05) is 0 Å². The second-order valence-corrected chi connectivity index (χ2v) is 4.91. The fourth-order valence-electron chi connectivity index (χ4n) is 2.32. The van der Waals surface area contributed by atoms with Crippen molar-refractivity contribution in [2.24, 2.45) is 0 Å². The van der Waals surface area contributed by atoms with Crippen LogP contribution in [0.2, 0.25) is 0 Å². The van der Waals surface area contributed by atoms with Crippen LogP contribution < -0.4 is 0 Å². The zero-order chi connectivity index (χ0) is 13.1. The Labute approximate surface area is 109 Å². The first-order valence-electron chi connectivity index (χ1n) is 6.51. The molecule has 2 aromatic rings. The molecule has 1 heteroatoms. The molecule has 2 rings (SSSR count). The van der Waals surface area contributed by atoms with E-state index in [0.29, 0.717) is 5.75 Å². The molecule has 1 N–H and O–H groups in total. The Morgan fingerprint density at radius 3 is 2.22 bits per heavy atom. The topological polar surface area (TPSA) is 20.2 Å². The Balaban J connectivity index is 2.45. The van der Waals surface area contributed by atoms with Gasteiger partial charge < -0.3 is 5.11 Å². The molecule has 0 aromatic heterocycles. The predicted molar refractivity (Wildman–Crippen MR) is 77.0 cm³/mol. The third kappa shape index (κ3) is 2.56.